The van der Waals surface area contributed by atoms with Crippen LogP contribution in [-0.4, -0.2) is 28.5 Å². The summed E-state index contributed by atoms with van der Waals surface area (Å²) in [6.07, 6.45) is 1.53. The summed E-state index contributed by atoms with van der Waals surface area (Å²) in [7, 11) is 1.43. The fourth-order valence-electron chi connectivity index (χ4n) is 6.27. The molecule has 0 saturated heterocycles. The summed E-state index contributed by atoms with van der Waals surface area (Å²) < 4.78 is 27.5. The number of amides is 1. The van der Waals surface area contributed by atoms with Crippen LogP contribution in [0.5, 0.6) is 0 Å². The Labute approximate surface area is 206 Å². The standard InChI is InChI=1S/C27H26FN3O5/c1-5-27(35-4)17-8-21-24-15(10-31(21)25(33)16(17)11-36-26(27)34)23-19(29-13(3)32)7-6-14-12(2)18(28)9-20(30-24)22(14)23/h8-9,19H,5-7,10-11H2,1-4H3,(H,29,32)/t19-,27-/m0/s1. The molecule has 0 saturated carbocycles. The van der Waals surface area contributed by atoms with Crippen molar-refractivity contribution in [2.75, 3.05) is 7.11 Å². The number of methoxy groups -OCH3 is 1. The SMILES string of the molecule is CC[C@@]1(OC)C(=O)OCc2c1cc1n(c2=O)Cc2c-1nc1cc(F)c(C)c3c1c2[C@@H](NC(C)=O)CC3. The number of pyridine rings is 2. The molecule has 36 heavy (non-hydrogen) atoms. The molecule has 2 aromatic heterocycles. The highest BCUT2D eigenvalue weighted by Crippen LogP contribution is 2.46. The first-order valence-corrected chi connectivity index (χ1v) is 12.1. The van der Waals surface area contributed by atoms with Gasteiger partial charge in [0.15, 0.2) is 5.60 Å². The van der Waals surface area contributed by atoms with E-state index in [2.05, 4.69) is 5.32 Å². The number of hydrogen-bond acceptors (Lipinski definition) is 6. The lowest BCUT2D eigenvalue weighted by atomic mass is 9.81. The number of aromatic nitrogens is 2. The number of fused-ring (bicyclic) bond motifs is 5. The summed E-state index contributed by atoms with van der Waals surface area (Å²) in [6, 6.07) is 2.94. The molecule has 0 spiro atoms. The van der Waals surface area contributed by atoms with E-state index in [0.717, 1.165) is 22.1 Å². The van der Waals surface area contributed by atoms with Gasteiger partial charge in [-0.05, 0) is 48.9 Å². The molecule has 3 aliphatic rings. The van der Waals surface area contributed by atoms with Crippen LogP contribution in [0.15, 0.2) is 16.9 Å². The van der Waals surface area contributed by atoms with Crippen LogP contribution in [0.4, 0.5) is 4.39 Å². The zero-order chi connectivity index (χ0) is 25.5. The number of ether oxygens (including phenoxy) is 2. The second kappa shape index (κ2) is 7.70. The van der Waals surface area contributed by atoms with Gasteiger partial charge in [0, 0.05) is 36.6 Å². The molecule has 1 N–H and O–H groups in total. The van der Waals surface area contributed by atoms with Crippen LogP contribution in [0.3, 0.4) is 0 Å². The molecule has 2 atom stereocenters. The molecule has 0 bridgehead atoms. The van der Waals surface area contributed by atoms with E-state index >= 15 is 0 Å². The maximum absolute atomic E-state index is 14.9. The molecule has 9 heteroatoms. The third-order valence-electron chi connectivity index (χ3n) is 8.07. The van der Waals surface area contributed by atoms with Crippen molar-refractivity contribution in [1.82, 2.24) is 14.9 Å². The Hall–Kier alpha value is -3.59. The number of cyclic esters (lactones) is 1. The molecule has 0 radical (unpaired) electrons. The molecule has 8 nitrogen and oxygen atoms in total. The van der Waals surface area contributed by atoms with Crippen LogP contribution in [0.2, 0.25) is 0 Å². The second-order valence-corrected chi connectivity index (χ2v) is 9.77. The summed E-state index contributed by atoms with van der Waals surface area (Å²) >= 11 is 0. The maximum Gasteiger partial charge on any atom is 0.343 e. The van der Waals surface area contributed by atoms with Gasteiger partial charge in [0.2, 0.25) is 5.91 Å². The van der Waals surface area contributed by atoms with Gasteiger partial charge in [-0.15, -0.1) is 0 Å². The summed E-state index contributed by atoms with van der Waals surface area (Å²) in [5, 5.41) is 3.90. The van der Waals surface area contributed by atoms with Gasteiger partial charge in [0.05, 0.1) is 35.1 Å². The summed E-state index contributed by atoms with van der Waals surface area (Å²) in [5.41, 5.74) is 4.00. The highest BCUT2D eigenvalue weighted by atomic mass is 19.1. The minimum absolute atomic E-state index is 0.125. The van der Waals surface area contributed by atoms with E-state index < -0.39 is 11.6 Å². The van der Waals surface area contributed by atoms with Crippen molar-refractivity contribution in [2.24, 2.45) is 0 Å². The van der Waals surface area contributed by atoms with Crippen molar-refractivity contribution >= 4 is 22.8 Å². The molecule has 1 amide bonds. The van der Waals surface area contributed by atoms with Crippen molar-refractivity contribution in [3.05, 3.63) is 61.7 Å². The Morgan fingerprint density at radius 1 is 1.31 bits per heavy atom. The van der Waals surface area contributed by atoms with Crippen molar-refractivity contribution in [2.45, 2.75) is 64.8 Å². The van der Waals surface area contributed by atoms with Crippen LogP contribution in [-0.2, 0) is 44.2 Å². The van der Waals surface area contributed by atoms with E-state index in [1.807, 2.05) is 0 Å². The van der Waals surface area contributed by atoms with E-state index in [0.29, 0.717) is 52.9 Å². The van der Waals surface area contributed by atoms with Crippen molar-refractivity contribution < 1.29 is 23.5 Å². The van der Waals surface area contributed by atoms with Gasteiger partial charge < -0.3 is 19.4 Å². The highest BCUT2D eigenvalue weighted by Gasteiger charge is 2.47. The zero-order valence-electron chi connectivity index (χ0n) is 20.6. The predicted octanol–water partition coefficient (Wildman–Crippen LogP) is 3.30. The topological polar surface area (TPSA) is 99.5 Å². The number of esters is 1. The number of aryl methyl sites for hydroxylation is 1. The van der Waals surface area contributed by atoms with Gasteiger partial charge in [0.1, 0.15) is 12.4 Å². The number of nitrogens with zero attached hydrogens (tertiary/aromatic N) is 2. The van der Waals surface area contributed by atoms with Crippen LogP contribution >= 0.6 is 0 Å². The molecule has 2 aliphatic heterocycles. The fraction of sp³-hybridized carbons (Fsp3) is 0.407. The molecule has 1 aliphatic carbocycles. The van der Waals surface area contributed by atoms with Gasteiger partial charge in [0.25, 0.3) is 5.56 Å². The van der Waals surface area contributed by atoms with Gasteiger partial charge >= 0.3 is 5.97 Å². The Morgan fingerprint density at radius 2 is 2.08 bits per heavy atom. The number of carbonyl (C=O) groups excluding carboxylic acids is 2. The van der Waals surface area contributed by atoms with Gasteiger partial charge in [-0.3, -0.25) is 9.59 Å². The average Bonchev–Trinajstić information content (AvgIpc) is 3.22. The quantitative estimate of drug-likeness (QED) is 0.442. The monoisotopic (exact) mass is 491 g/mol. The lowest BCUT2D eigenvalue weighted by Crippen LogP contribution is -2.45. The van der Waals surface area contributed by atoms with Crippen LogP contribution in [0.25, 0.3) is 22.3 Å². The Morgan fingerprint density at radius 3 is 2.78 bits per heavy atom. The molecular formula is C27H26FN3O5. The summed E-state index contributed by atoms with van der Waals surface area (Å²) in [5.74, 6) is -1.02. The van der Waals surface area contributed by atoms with E-state index in [9.17, 15) is 18.8 Å². The molecular weight excluding hydrogens is 465 g/mol. The van der Waals surface area contributed by atoms with E-state index in [-0.39, 0.29) is 36.5 Å². The third-order valence-corrected chi connectivity index (χ3v) is 8.07. The minimum Gasteiger partial charge on any atom is -0.458 e. The lowest BCUT2D eigenvalue weighted by molar-refractivity contribution is -0.176. The van der Waals surface area contributed by atoms with Gasteiger partial charge in [-0.2, -0.15) is 0 Å². The van der Waals surface area contributed by atoms with Crippen molar-refractivity contribution in [1.29, 1.82) is 0 Å². The number of carbonyl (C=O) groups is 2. The predicted molar refractivity (Wildman–Crippen MR) is 129 cm³/mol. The van der Waals surface area contributed by atoms with E-state index in [4.69, 9.17) is 14.5 Å². The number of rotatable bonds is 3. The first-order valence-electron chi connectivity index (χ1n) is 12.1. The average molecular weight is 492 g/mol. The Bertz CT molecular complexity index is 1570. The molecule has 1 aromatic carbocycles. The van der Waals surface area contributed by atoms with Crippen molar-refractivity contribution in [3.63, 3.8) is 0 Å². The Balaban J connectivity index is 1.68. The molecule has 0 unspecified atom stereocenters. The molecule has 3 aromatic rings. The summed E-state index contributed by atoms with van der Waals surface area (Å²) in [4.78, 5) is 43.4. The number of halogens is 1. The molecule has 4 heterocycles. The third kappa shape index (κ3) is 2.83. The van der Waals surface area contributed by atoms with Crippen LogP contribution in [0, 0.1) is 12.7 Å². The molecule has 186 valence electrons. The number of nitrogens with one attached hydrogen (secondary N) is 1. The summed E-state index contributed by atoms with van der Waals surface area (Å²) in [6.45, 7) is 5.18. The number of benzene rings is 1. The maximum atomic E-state index is 14.9. The second-order valence-electron chi connectivity index (χ2n) is 9.77. The van der Waals surface area contributed by atoms with Gasteiger partial charge in [-0.25, -0.2) is 14.2 Å². The van der Waals surface area contributed by atoms with Gasteiger partial charge in [-0.1, -0.05) is 6.92 Å². The smallest absolute Gasteiger partial charge is 0.343 e. The largest absolute Gasteiger partial charge is 0.458 e. The fourth-order valence-corrected chi connectivity index (χ4v) is 6.27. The highest BCUT2D eigenvalue weighted by molar-refractivity contribution is 5.93. The molecule has 0 fully saturated rings. The minimum atomic E-state index is -1.38. The molecule has 6 rings (SSSR count). The van der Waals surface area contributed by atoms with E-state index in [1.165, 1.54) is 20.1 Å². The van der Waals surface area contributed by atoms with Crippen molar-refractivity contribution in [3.8, 4) is 11.4 Å². The first-order chi connectivity index (χ1) is 17.2. The van der Waals surface area contributed by atoms with Crippen LogP contribution in [0.1, 0.15) is 66.1 Å². The zero-order valence-corrected chi connectivity index (χ0v) is 20.6. The first kappa shape index (κ1) is 22.8. The normalized spacial score (nSPS) is 21.6. The van der Waals surface area contributed by atoms with Crippen LogP contribution < -0.4 is 10.9 Å². The van der Waals surface area contributed by atoms with E-state index in [1.54, 1.807) is 24.5 Å². The number of hydrogen-bond donors (Lipinski definition) is 1. The Kier molecular flexibility index (Phi) is 4.89. The lowest BCUT2D eigenvalue weighted by Gasteiger charge is -2.35.